The van der Waals surface area contributed by atoms with Crippen molar-refractivity contribution in [2.75, 3.05) is 0 Å². The van der Waals surface area contributed by atoms with Gasteiger partial charge in [-0.3, -0.25) is 0 Å². The van der Waals surface area contributed by atoms with Crippen LogP contribution in [0.25, 0.3) is 0 Å². The van der Waals surface area contributed by atoms with Crippen LogP contribution < -0.4 is 0 Å². The summed E-state index contributed by atoms with van der Waals surface area (Å²) < 4.78 is 4.67. The molecule has 0 nitrogen and oxygen atoms in total. The topological polar surface area (TPSA) is 0 Å². The van der Waals surface area contributed by atoms with Crippen LogP contribution >= 0.6 is 0 Å². The van der Waals surface area contributed by atoms with Gasteiger partial charge in [-0.1, -0.05) is 0 Å². The first-order chi connectivity index (χ1) is 6.94. The third-order valence-corrected chi connectivity index (χ3v) is 27.3. The van der Waals surface area contributed by atoms with Crippen molar-refractivity contribution in [1.82, 2.24) is 0 Å². The predicted molar refractivity (Wildman–Crippen MR) is 67.1 cm³/mol. The Kier molecular flexibility index (Phi) is 5.04. The minimum absolute atomic E-state index is 0.934. The zero-order chi connectivity index (χ0) is 11.6. The van der Waals surface area contributed by atoms with Crippen LogP contribution in [-0.4, -0.2) is 0 Å². The van der Waals surface area contributed by atoms with Crippen molar-refractivity contribution in [3.63, 3.8) is 0 Å². The Morgan fingerprint density at radius 2 is 1.40 bits per heavy atom. The molecule has 86 valence electrons. The van der Waals surface area contributed by atoms with E-state index in [-0.39, 0.29) is 0 Å². The zero-order valence-electron chi connectivity index (χ0n) is 11.2. The molecule has 0 aromatic heterocycles. The SMILES string of the molecule is C[CH](C)[Nd]([C]1=CC=CC1)([CH](C)C)[CH](C)C. The van der Waals surface area contributed by atoms with Crippen LogP contribution in [0.1, 0.15) is 48.0 Å². The van der Waals surface area contributed by atoms with Crippen molar-refractivity contribution < 1.29 is 32.6 Å². The van der Waals surface area contributed by atoms with Crippen molar-refractivity contribution in [2.45, 2.75) is 52.7 Å². The maximum absolute atomic E-state index is 2.47. The Morgan fingerprint density at radius 3 is 1.67 bits per heavy atom. The van der Waals surface area contributed by atoms with Crippen molar-refractivity contribution in [1.29, 1.82) is 0 Å². The Bertz CT molecular complexity index is 247. The van der Waals surface area contributed by atoms with Crippen LogP contribution in [0.3, 0.4) is 0 Å². The molecule has 0 bridgehead atoms. The molecule has 0 N–H and O–H groups in total. The fraction of sp³-hybridized carbons (Fsp3) is 0.714. The number of rotatable bonds is 4. The number of allylic oxidation sites excluding steroid dienone is 4. The monoisotopic (exact) mass is 336 g/mol. The molecule has 0 aromatic carbocycles. The summed E-state index contributed by atoms with van der Waals surface area (Å²) >= 11 is -2.30. The van der Waals surface area contributed by atoms with E-state index in [0.29, 0.717) is 0 Å². The molecule has 0 amide bonds. The van der Waals surface area contributed by atoms with Crippen LogP contribution in [0.15, 0.2) is 19.5 Å². The summed E-state index contributed by atoms with van der Waals surface area (Å²) in [5, 5.41) is 0. The normalized spacial score (nSPS) is 17.0. The molecule has 0 radical (unpaired) electrons. The predicted octanol–water partition coefficient (Wildman–Crippen LogP) is 5.47. The van der Waals surface area contributed by atoms with E-state index in [9.17, 15) is 0 Å². The Labute approximate surface area is 103 Å². The van der Waals surface area contributed by atoms with Crippen molar-refractivity contribution in [3.8, 4) is 0 Å². The number of hydrogen-bond acceptors (Lipinski definition) is 0. The second-order valence-electron chi connectivity index (χ2n) is 5.72. The maximum atomic E-state index is 2.47. The summed E-state index contributed by atoms with van der Waals surface area (Å²) in [5.74, 6) is 0. The van der Waals surface area contributed by atoms with Gasteiger partial charge in [-0.05, 0) is 0 Å². The van der Waals surface area contributed by atoms with E-state index < -0.39 is 32.6 Å². The van der Waals surface area contributed by atoms with Gasteiger partial charge in [0, 0.05) is 0 Å². The van der Waals surface area contributed by atoms with Crippen molar-refractivity contribution in [3.05, 3.63) is 19.5 Å². The molecule has 0 fully saturated rings. The van der Waals surface area contributed by atoms with Crippen LogP contribution in [-0.2, 0) is 0 Å². The second kappa shape index (κ2) is 5.44. The van der Waals surface area contributed by atoms with E-state index in [1.165, 1.54) is 6.42 Å². The average Bonchev–Trinajstić information content (AvgIpc) is 2.55. The molecule has 15 heavy (non-hydrogen) atoms. The fourth-order valence-electron chi connectivity index (χ4n) is 3.88. The third-order valence-electron chi connectivity index (χ3n) is 4.19. The van der Waals surface area contributed by atoms with Crippen molar-refractivity contribution >= 4 is 0 Å². The van der Waals surface area contributed by atoms with Gasteiger partial charge in [0.05, 0.1) is 0 Å². The standard InChI is InChI=1S/C5H5.3C3H7.Nd/c1-2-4-5-3-1;3*1-3-2;/h1-3H,4H2;3*3H,1-2H3;. The van der Waals surface area contributed by atoms with E-state index in [0.717, 1.165) is 4.70 Å². The van der Waals surface area contributed by atoms with E-state index in [4.69, 9.17) is 0 Å². The molecule has 1 rings (SSSR count). The Morgan fingerprint density at radius 1 is 0.933 bits per heavy atom. The summed E-state index contributed by atoms with van der Waals surface area (Å²) in [7, 11) is 0. The Balaban J connectivity index is 3.14. The molecule has 0 unspecified atom stereocenters. The van der Waals surface area contributed by atoms with E-state index in [2.05, 4.69) is 59.8 Å². The van der Waals surface area contributed by atoms with Gasteiger partial charge in [0.1, 0.15) is 0 Å². The van der Waals surface area contributed by atoms with Crippen LogP contribution in [0.2, 0.25) is 4.70 Å². The molecule has 0 saturated heterocycles. The molecule has 0 heterocycles. The zero-order valence-corrected chi connectivity index (χ0v) is 14.4. The van der Waals surface area contributed by atoms with Gasteiger partial charge >= 0.3 is 105 Å². The van der Waals surface area contributed by atoms with Crippen LogP contribution in [0.4, 0.5) is 0 Å². The first-order valence-electron chi connectivity index (χ1n) is 6.30. The summed E-state index contributed by atoms with van der Waals surface area (Å²) in [5.41, 5.74) is 0. The first-order valence-corrected chi connectivity index (χ1v) is 13.5. The van der Waals surface area contributed by atoms with Gasteiger partial charge in [0.15, 0.2) is 0 Å². The summed E-state index contributed by atoms with van der Waals surface area (Å²) in [6.45, 7) is 14.8. The molecule has 1 heteroatoms. The van der Waals surface area contributed by atoms with Crippen molar-refractivity contribution in [2.24, 2.45) is 0 Å². The number of hydrogen-bond donors (Lipinski definition) is 0. The van der Waals surface area contributed by atoms with Crippen LogP contribution in [0.5, 0.6) is 0 Å². The minimum atomic E-state index is -2.30. The van der Waals surface area contributed by atoms with Gasteiger partial charge < -0.3 is 0 Å². The summed E-state index contributed by atoms with van der Waals surface area (Å²) in [6, 6.07) is 0. The molecule has 1 aliphatic rings. The van der Waals surface area contributed by atoms with Gasteiger partial charge in [-0.2, -0.15) is 0 Å². The Hall–Kier alpha value is 0.831. The van der Waals surface area contributed by atoms with Gasteiger partial charge in [0.25, 0.3) is 0 Å². The molecule has 0 aromatic rings. The van der Waals surface area contributed by atoms with Crippen LogP contribution in [0, 0.1) is 32.6 Å². The van der Waals surface area contributed by atoms with E-state index in [1.54, 1.807) is 0 Å². The van der Waals surface area contributed by atoms with Gasteiger partial charge in [-0.15, -0.1) is 0 Å². The van der Waals surface area contributed by atoms with E-state index in [1.807, 2.05) is 1.22 Å². The average molecular weight is 339 g/mol. The molecule has 0 saturated carbocycles. The first kappa shape index (κ1) is 13.9. The third kappa shape index (κ3) is 2.41. The fourth-order valence-corrected chi connectivity index (χ4v) is 26.6. The quantitative estimate of drug-likeness (QED) is 0.637. The molecular weight excluding hydrogens is 312 g/mol. The summed E-state index contributed by atoms with van der Waals surface area (Å²) in [6.07, 6.45) is 8.33. The molecular formula is C14H26Nd. The molecule has 0 spiro atoms. The van der Waals surface area contributed by atoms with Gasteiger partial charge in [-0.25, -0.2) is 0 Å². The molecule has 1 aliphatic carbocycles. The van der Waals surface area contributed by atoms with Gasteiger partial charge in [0.2, 0.25) is 0 Å². The summed E-state index contributed by atoms with van der Waals surface area (Å²) in [4.78, 5) is 0. The second-order valence-corrected chi connectivity index (χ2v) is 24.9. The molecule has 0 aliphatic heterocycles. The van der Waals surface area contributed by atoms with E-state index >= 15 is 0 Å². The molecule has 0 atom stereocenters.